The molecule has 1 aromatic carbocycles. The molecule has 1 unspecified atom stereocenters. The Morgan fingerprint density at radius 1 is 1.07 bits per heavy atom. The summed E-state index contributed by atoms with van der Waals surface area (Å²) in [5.41, 5.74) is 2.44. The molecule has 1 saturated carbocycles. The summed E-state index contributed by atoms with van der Waals surface area (Å²) in [7, 11) is 1.71. The number of rotatable bonds is 15. The smallest absolute Gasteiger partial charge is 0.256 e. The SMILES string of the molecule is COC(C)CCOc1nn([C@H]2CC[C@H](N3CCOCC3)CC2)cc1Nc1ncc(-c2ccc(Cl)c(O[C@@H](C)CNC=N)c2)cn1. The molecule has 1 saturated heterocycles. The van der Waals surface area contributed by atoms with Crippen LogP contribution in [0.1, 0.15) is 52.0 Å². The highest BCUT2D eigenvalue weighted by atomic mass is 35.5. The zero-order valence-electron chi connectivity index (χ0n) is 26.4. The lowest BCUT2D eigenvalue weighted by Gasteiger charge is -2.38. The highest BCUT2D eigenvalue weighted by Crippen LogP contribution is 2.35. The van der Waals surface area contributed by atoms with Gasteiger partial charge in [-0.15, -0.1) is 5.10 Å². The van der Waals surface area contributed by atoms with Gasteiger partial charge in [-0.25, -0.2) is 9.97 Å². The van der Waals surface area contributed by atoms with Crippen LogP contribution in [0, 0.1) is 5.41 Å². The fraction of sp³-hybridized carbons (Fsp3) is 0.562. The molecule has 0 radical (unpaired) electrons. The van der Waals surface area contributed by atoms with Gasteiger partial charge in [-0.05, 0) is 57.2 Å². The van der Waals surface area contributed by atoms with Crippen molar-refractivity contribution in [1.82, 2.24) is 30.0 Å². The summed E-state index contributed by atoms with van der Waals surface area (Å²) in [6, 6.07) is 6.51. The second kappa shape index (κ2) is 16.2. The number of benzene rings is 1. The average Bonchev–Trinajstić information content (AvgIpc) is 3.47. The van der Waals surface area contributed by atoms with Crippen molar-refractivity contribution < 1.29 is 18.9 Å². The Labute approximate surface area is 270 Å². The minimum Gasteiger partial charge on any atom is -0.487 e. The number of ether oxygens (including phenoxy) is 4. The van der Waals surface area contributed by atoms with E-state index in [1.807, 2.05) is 32.2 Å². The van der Waals surface area contributed by atoms with Gasteiger partial charge in [0.25, 0.3) is 5.88 Å². The van der Waals surface area contributed by atoms with Crippen molar-refractivity contribution in [2.24, 2.45) is 0 Å². The first kappa shape index (κ1) is 32.9. The predicted molar refractivity (Wildman–Crippen MR) is 175 cm³/mol. The van der Waals surface area contributed by atoms with Gasteiger partial charge < -0.3 is 29.6 Å². The minimum absolute atomic E-state index is 0.0928. The van der Waals surface area contributed by atoms with E-state index < -0.39 is 0 Å². The maximum atomic E-state index is 7.15. The van der Waals surface area contributed by atoms with Crippen molar-refractivity contribution in [3.05, 3.63) is 41.8 Å². The summed E-state index contributed by atoms with van der Waals surface area (Å²) >= 11 is 6.39. The lowest BCUT2D eigenvalue weighted by Crippen LogP contribution is -2.45. The summed E-state index contributed by atoms with van der Waals surface area (Å²) in [5, 5.41) is 18.7. The van der Waals surface area contributed by atoms with Crippen LogP contribution in [-0.2, 0) is 9.47 Å². The lowest BCUT2D eigenvalue weighted by molar-refractivity contribution is 0.00502. The van der Waals surface area contributed by atoms with E-state index in [9.17, 15) is 0 Å². The monoisotopic (exact) mass is 640 g/mol. The van der Waals surface area contributed by atoms with Gasteiger partial charge in [0.1, 0.15) is 17.5 Å². The van der Waals surface area contributed by atoms with Crippen LogP contribution >= 0.6 is 11.6 Å². The molecule has 13 heteroatoms. The molecule has 0 amide bonds. The van der Waals surface area contributed by atoms with Crippen molar-refractivity contribution in [2.45, 2.75) is 70.2 Å². The van der Waals surface area contributed by atoms with E-state index in [2.05, 4.69) is 30.2 Å². The van der Waals surface area contributed by atoms with Gasteiger partial charge in [-0.3, -0.25) is 15.0 Å². The molecule has 3 N–H and O–H groups in total. The number of methoxy groups -OCH3 is 1. The van der Waals surface area contributed by atoms with Crippen LogP contribution in [0.3, 0.4) is 0 Å². The molecule has 2 atom stereocenters. The molecule has 12 nitrogen and oxygen atoms in total. The summed E-state index contributed by atoms with van der Waals surface area (Å²) in [6.45, 7) is 8.64. The van der Waals surface area contributed by atoms with Crippen LogP contribution < -0.4 is 20.1 Å². The van der Waals surface area contributed by atoms with Crippen LogP contribution in [0.4, 0.5) is 11.6 Å². The van der Waals surface area contributed by atoms with Crippen molar-refractivity contribution >= 4 is 29.6 Å². The molecular formula is C32H45ClN8O4. The summed E-state index contributed by atoms with van der Waals surface area (Å²) in [4.78, 5) is 11.8. The van der Waals surface area contributed by atoms with Crippen LogP contribution in [0.2, 0.25) is 5.02 Å². The number of aromatic nitrogens is 4. The van der Waals surface area contributed by atoms with E-state index >= 15 is 0 Å². The Kier molecular flexibility index (Phi) is 11.9. The third-order valence-electron chi connectivity index (χ3n) is 8.46. The van der Waals surface area contributed by atoms with E-state index in [-0.39, 0.29) is 12.2 Å². The standard InChI is InChI=1S/C32H45ClN8O4/c1-22(42-3)10-13-44-31-29(20-41(39-31)27-7-5-26(6-8-27)40-11-14-43-15-12-40)38-32-36-18-25(19-37-32)24-4-9-28(33)30(16-24)45-23(2)17-35-21-34/h4,9,16,18-23,26-27H,5-8,10-15,17H2,1-3H3,(H2,34,35)(H,36,37,38)/t22?,23-,26-,27-/m0/s1. The quantitative estimate of drug-likeness (QED) is 0.148. The highest BCUT2D eigenvalue weighted by Gasteiger charge is 2.29. The van der Waals surface area contributed by atoms with Crippen molar-refractivity contribution in [3.8, 4) is 22.8 Å². The average molecular weight is 641 g/mol. The van der Waals surface area contributed by atoms with Gasteiger partial charge in [0.2, 0.25) is 5.95 Å². The summed E-state index contributed by atoms with van der Waals surface area (Å²) in [6.07, 6.45) is 11.8. The van der Waals surface area contributed by atoms with Crippen molar-refractivity contribution in [1.29, 1.82) is 5.41 Å². The molecule has 0 spiro atoms. The fourth-order valence-corrected chi connectivity index (χ4v) is 5.91. The highest BCUT2D eigenvalue weighted by molar-refractivity contribution is 6.32. The van der Waals surface area contributed by atoms with E-state index in [1.54, 1.807) is 25.6 Å². The Bertz CT molecular complexity index is 1360. The zero-order chi connectivity index (χ0) is 31.6. The van der Waals surface area contributed by atoms with Gasteiger partial charge in [0.15, 0.2) is 0 Å². The zero-order valence-corrected chi connectivity index (χ0v) is 27.1. The molecular weight excluding hydrogens is 596 g/mol. The van der Waals surface area contributed by atoms with Gasteiger partial charge in [-0.1, -0.05) is 17.7 Å². The number of hydrogen-bond acceptors (Lipinski definition) is 10. The summed E-state index contributed by atoms with van der Waals surface area (Å²) in [5.74, 6) is 1.54. The fourth-order valence-electron chi connectivity index (χ4n) is 5.74. The Balaban J connectivity index is 1.27. The van der Waals surface area contributed by atoms with E-state index in [0.717, 1.165) is 81.6 Å². The molecule has 3 heterocycles. The minimum atomic E-state index is -0.169. The molecule has 2 aliphatic rings. The van der Waals surface area contributed by atoms with E-state index in [4.69, 9.17) is 41.1 Å². The molecule has 2 aromatic heterocycles. The Hall–Kier alpha value is -3.45. The Morgan fingerprint density at radius 3 is 2.51 bits per heavy atom. The molecule has 0 bridgehead atoms. The molecule has 2 fully saturated rings. The topological polar surface area (TPSA) is 132 Å². The summed E-state index contributed by atoms with van der Waals surface area (Å²) < 4.78 is 25.1. The molecule has 5 rings (SSSR count). The van der Waals surface area contributed by atoms with Crippen LogP contribution in [0.25, 0.3) is 11.1 Å². The second-order valence-corrected chi connectivity index (χ2v) is 12.1. The maximum Gasteiger partial charge on any atom is 0.256 e. The van der Waals surface area contributed by atoms with Gasteiger partial charge >= 0.3 is 0 Å². The largest absolute Gasteiger partial charge is 0.487 e. The number of hydrogen-bond donors (Lipinski definition) is 3. The molecule has 244 valence electrons. The first-order valence-corrected chi connectivity index (χ1v) is 16.2. The molecule has 1 aliphatic heterocycles. The normalized spacial score (nSPS) is 20.3. The number of halogens is 1. The number of anilines is 2. The van der Waals surface area contributed by atoms with Crippen LogP contribution in [-0.4, -0.2) is 95.8 Å². The Morgan fingerprint density at radius 2 is 1.80 bits per heavy atom. The van der Waals surface area contributed by atoms with Gasteiger partial charge in [-0.2, -0.15) is 0 Å². The van der Waals surface area contributed by atoms with Crippen LogP contribution in [0.5, 0.6) is 11.6 Å². The van der Waals surface area contributed by atoms with Crippen molar-refractivity contribution in [3.63, 3.8) is 0 Å². The van der Waals surface area contributed by atoms with Gasteiger partial charge in [0.05, 0.1) is 56.1 Å². The third kappa shape index (κ3) is 9.06. The number of nitrogens with zero attached hydrogens (tertiary/aromatic N) is 5. The van der Waals surface area contributed by atoms with Crippen molar-refractivity contribution in [2.75, 3.05) is 51.9 Å². The first-order chi connectivity index (χ1) is 21.9. The molecule has 1 aliphatic carbocycles. The second-order valence-electron chi connectivity index (χ2n) is 11.7. The maximum absolute atomic E-state index is 7.15. The molecule has 3 aromatic rings. The van der Waals surface area contributed by atoms with Crippen LogP contribution in [0.15, 0.2) is 36.8 Å². The predicted octanol–water partition coefficient (Wildman–Crippen LogP) is 5.32. The van der Waals surface area contributed by atoms with E-state index in [0.29, 0.717) is 47.8 Å². The number of nitrogens with one attached hydrogen (secondary N) is 3. The van der Waals surface area contributed by atoms with Gasteiger partial charge in [0, 0.05) is 50.6 Å². The number of morpholine rings is 1. The first-order valence-electron chi connectivity index (χ1n) is 15.8. The van der Waals surface area contributed by atoms with E-state index in [1.165, 1.54) is 0 Å². The lowest BCUT2D eigenvalue weighted by atomic mass is 9.90. The third-order valence-corrected chi connectivity index (χ3v) is 8.78. The molecule has 45 heavy (non-hydrogen) atoms.